The minimum atomic E-state index is -0.152. The molecule has 76 valence electrons. The van der Waals surface area contributed by atoms with E-state index in [1.165, 1.54) is 6.07 Å². The van der Waals surface area contributed by atoms with Crippen molar-refractivity contribution in [3.63, 3.8) is 0 Å². The molecule has 1 aliphatic rings. The molecule has 0 N–H and O–H groups in total. The summed E-state index contributed by atoms with van der Waals surface area (Å²) in [5.41, 5.74) is 1.75. The van der Waals surface area contributed by atoms with Gasteiger partial charge in [0, 0.05) is 5.56 Å². The smallest absolute Gasteiger partial charge is 0.137 e. The van der Waals surface area contributed by atoms with Crippen molar-refractivity contribution >= 4 is 15.9 Å². The van der Waals surface area contributed by atoms with Gasteiger partial charge >= 0.3 is 0 Å². The van der Waals surface area contributed by atoms with Crippen LogP contribution >= 0.6 is 15.9 Å². The van der Waals surface area contributed by atoms with E-state index in [2.05, 4.69) is 15.9 Å². The zero-order valence-electron chi connectivity index (χ0n) is 8.07. The Morgan fingerprint density at radius 2 is 2.21 bits per heavy atom. The second-order valence-corrected chi connectivity index (χ2v) is 4.43. The summed E-state index contributed by atoms with van der Waals surface area (Å²) in [4.78, 5) is 0. The molecule has 1 heterocycles. The quantitative estimate of drug-likeness (QED) is 0.691. The lowest BCUT2D eigenvalue weighted by atomic mass is 10.0. The van der Waals surface area contributed by atoms with Crippen molar-refractivity contribution in [1.29, 1.82) is 0 Å². The van der Waals surface area contributed by atoms with Crippen molar-refractivity contribution in [2.24, 2.45) is 0 Å². The summed E-state index contributed by atoms with van der Waals surface area (Å²) < 4.78 is 19.7. The number of hydrogen-bond acceptors (Lipinski definition) is 1. The number of benzene rings is 1. The van der Waals surface area contributed by atoms with E-state index in [-0.39, 0.29) is 5.82 Å². The van der Waals surface area contributed by atoms with Crippen molar-refractivity contribution in [2.75, 3.05) is 6.61 Å². The van der Waals surface area contributed by atoms with E-state index in [1.807, 2.05) is 6.92 Å². The molecule has 0 fully saturated rings. The second-order valence-electron chi connectivity index (χ2n) is 3.58. The molecule has 1 aliphatic heterocycles. The highest BCUT2D eigenvalue weighted by Crippen LogP contribution is 2.35. The highest BCUT2D eigenvalue weighted by atomic mass is 79.9. The predicted octanol–water partition coefficient (Wildman–Crippen LogP) is 3.61. The molecule has 3 heteroatoms. The first-order valence-electron chi connectivity index (χ1n) is 4.80. The topological polar surface area (TPSA) is 9.23 Å². The Labute approximate surface area is 91.4 Å². The van der Waals surface area contributed by atoms with E-state index in [0.717, 1.165) is 47.2 Å². The molecule has 0 bridgehead atoms. The van der Waals surface area contributed by atoms with Crippen molar-refractivity contribution < 1.29 is 9.13 Å². The molecule has 0 saturated carbocycles. The maximum Gasteiger partial charge on any atom is 0.137 e. The number of hydrogen-bond donors (Lipinski definition) is 0. The van der Waals surface area contributed by atoms with Crippen LogP contribution in [0.15, 0.2) is 10.5 Å². The monoisotopic (exact) mass is 258 g/mol. The molecular weight excluding hydrogens is 247 g/mol. The Morgan fingerprint density at radius 1 is 1.43 bits per heavy atom. The van der Waals surface area contributed by atoms with Crippen LogP contribution in [-0.4, -0.2) is 6.61 Å². The molecule has 0 radical (unpaired) electrons. The molecule has 2 rings (SSSR count). The zero-order valence-corrected chi connectivity index (χ0v) is 9.66. The third-order valence-corrected chi connectivity index (χ3v) is 3.21. The maximum absolute atomic E-state index is 13.4. The lowest BCUT2D eigenvalue weighted by molar-refractivity contribution is 0.314. The number of halogens is 2. The number of rotatable bonds is 0. The molecule has 0 aliphatic carbocycles. The highest BCUT2D eigenvalue weighted by molar-refractivity contribution is 9.10. The summed E-state index contributed by atoms with van der Waals surface area (Å²) >= 11 is 3.34. The normalized spacial score (nSPS) is 15.6. The first-order valence-corrected chi connectivity index (χ1v) is 5.59. The van der Waals surface area contributed by atoms with E-state index >= 15 is 0 Å². The Hall–Kier alpha value is -0.570. The van der Waals surface area contributed by atoms with Gasteiger partial charge in [-0.3, -0.25) is 0 Å². The molecule has 1 aromatic rings. The van der Waals surface area contributed by atoms with Crippen molar-refractivity contribution in [1.82, 2.24) is 0 Å². The van der Waals surface area contributed by atoms with Gasteiger partial charge < -0.3 is 4.74 Å². The van der Waals surface area contributed by atoms with Crippen LogP contribution in [0.3, 0.4) is 0 Å². The van der Waals surface area contributed by atoms with Gasteiger partial charge in [0.1, 0.15) is 11.6 Å². The summed E-state index contributed by atoms with van der Waals surface area (Å²) in [6.45, 7) is 2.55. The van der Waals surface area contributed by atoms with Crippen molar-refractivity contribution in [2.45, 2.75) is 26.2 Å². The minimum Gasteiger partial charge on any atom is -0.492 e. The summed E-state index contributed by atoms with van der Waals surface area (Å²) in [5, 5.41) is 0. The summed E-state index contributed by atoms with van der Waals surface area (Å²) in [6.07, 6.45) is 3.03. The fourth-order valence-electron chi connectivity index (χ4n) is 1.78. The molecule has 0 saturated heterocycles. The lowest BCUT2D eigenvalue weighted by Crippen LogP contribution is -1.99. The van der Waals surface area contributed by atoms with Crippen LogP contribution in [0.5, 0.6) is 5.75 Å². The summed E-state index contributed by atoms with van der Waals surface area (Å²) in [6, 6.07) is 1.49. The third-order valence-electron chi connectivity index (χ3n) is 2.62. The lowest BCUT2D eigenvalue weighted by Gasteiger charge is -2.12. The van der Waals surface area contributed by atoms with Crippen LogP contribution in [0.2, 0.25) is 0 Å². The maximum atomic E-state index is 13.4. The third kappa shape index (κ3) is 1.65. The molecule has 0 amide bonds. The van der Waals surface area contributed by atoms with E-state index in [9.17, 15) is 4.39 Å². The molecule has 0 atom stereocenters. The molecule has 1 nitrogen and oxygen atoms in total. The summed E-state index contributed by atoms with van der Waals surface area (Å²) in [7, 11) is 0. The fourth-order valence-corrected chi connectivity index (χ4v) is 2.33. The van der Waals surface area contributed by atoms with E-state index < -0.39 is 0 Å². The summed E-state index contributed by atoms with van der Waals surface area (Å²) in [5.74, 6) is 0.683. The molecule has 0 spiro atoms. The van der Waals surface area contributed by atoms with Crippen molar-refractivity contribution in [3.05, 3.63) is 27.5 Å². The largest absolute Gasteiger partial charge is 0.492 e. The standard InChI is InChI=1S/C11H12BrFO/c1-7-8-4-2-3-5-14-11(8)9(12)6-10(7)13/h6H,2-5H2,1H3. The van der Waals surface area contributed by atoms with Gasteiger partial charge in [-0.2, -0.15) is 0 Å². The molecule has 1 aromatic carbocycles. The van der Waals surface area contributed by atoms with Gasteiger partial charge in [0.25, 0.3) is 0 Å². The Morgan fingerprint density at radius 3 is 3.00 bits per heavy atom. The predicted molar refractivity (Wildman–Crippen MR) is 57.3 cm³/mol. The van der Waals surface area contributed by atoms with Gasteiger partial charge in [-0.15, -0.1) is 0 Å². The first kappa shape index (κ1) is 9.97. The van der Waals surface area contributed by atoms with E-state index in [1.54, 1.807) is 0 Å². The van der Waals surface area contributed by atoms with Crippen LogP contribution in [0.25, 0.3) is 0 Å². The first-order chi connectivity index (χ1) is 6.70. The Bertz CT molecular complexity index is 363. The Balaban J connectivity index is 2.57. The van der Waals surface area contributed by atoms with Gasteiger partial charge in [0.15, 0.2) is 0 Å². The van der Waals surface area contributed by atoms with Crippen LogP contribution in [0, 0.1) is 12.7 Å². The van der Waals surface area contributed by atoms with Gasteiger partial charge in [0.2, 0.25) is 0 Å². The van der Waals surface area contributed by atoms with Crippen LogP contribution in [-0.2, 0) is 6.42 Å². The van der Waals surface area contributed by atoms with E-state index in [4.69, 9.17) is 4.74 Å². The SMILES string of the molecule is Cc1c(F)cc(Br)c2c1CCCCO2. The molecule has 0 unspecified atom stereocenters. The molecule has 14 heavy (non-hydrogen) atoms. The number of fused-ring (bicyclic) bond motifs is 1. The highest BCUT2D eigenvalue weighted by Gasteiger charge is 2.17. The van der Waals surface area contributed by atoms with Crippen molar-refractivity contribution in [3.8, 4) is 5.75 Å². The minimum absolute atomic E-state index is 0.152. The van der Waals surface area contributed by atoms with Crippen LogP contribution in [0.4, 0.5) is 4.39 Å². The second kappa shape index (κ2) is 3.89. The fraction of sp³-hybridized carbons (Fsp3) is 0.455. The molecule has 0 aromatic heterocycles. The average Bonchev–Trinajstić information content (AvgIpc) is 2.39. The van der Waals surface area contributed by atoms with Gasteiger partial charge in [-0.1, -0.05) is 0 Å². The number of ether oxygens (including phenoxy) is 1. The van der Waals surface area contributed by atoms with Gasteiger partial charge in [-0.05, 0) is 53.7 Å². The van der Waals surface area contributed by atoms with Crippen LogP contribution in [0.1, 0.15) is 24.0 Å². The Kier molecular flexibility index (Phi) is 2.77. The van der Waals surface area contributed by atoms with Crippen LogP contribution < -0.4 is 4.74 Å². The van der Waals surface area contributed by atoms with E-state index in [0.29, 0.717) is 0 Å². The molecular formula is C11H12BrFO. The van der Waals surface area contributed by atoms with Gasteiger partial charge in [-0.25, -0.2) is 4.39 Å². The zero-order chi connectivity index (χ0) is 10.1. The van der Waals surface area contributed by atoms with Gasteiger partial charge in [0.05, 0.1) is 11.1 Å². The average molecular weight is 259 g/mol.